The van der Waals surface area contributed by atoms with Crippen LogP contribution in [0.5, 0.6) is 5.75 Å². The first-order chi connectivity index (χ1) is 9.92. The molecule has 0 aliphatic rings. The Morgan fingerprint density at radius 2 is 1.90 bits per heavy atom. The number of rotatable bonds is 4. The van der Waals surface area contributed by atoms with Gasteiger partial charge in [0.15, 0.2) is 0 Å². The molecule has 0 spiro atoms. The van der Waals surface area contributed by atoms with Crippen LogP contribution in [-0.2, 0) is 0 Å². The maximum Gasteiger partial charge on any atom is 0.141 e. The van der Waals surface area contributed by atoms with Crippen LogP contribution in [0, 0.1) is 13.8 Å². The number of aromatic nitrogens is 2. The number of nitrogens with two attached hydrogens (primary N) is 1. The lowest BCUT2D eigenvalue weighted by Gasteiger charge is -2.16. The van der Waals surface area contributed by atoms with E-state index < -0.39 is 0 Å². The van der Waals surface area contributed by atoms with Crippen molar-refractivity contribution in [3.63, 3.8) is 0 Å². The molecule has 0 aliphatic heterocycles. The molecule has 0 saturated carbocycles. The third-order valence-electron chi connectivity index (χ3n) is 3.27. The second kappa shape index (κ2) is 6.35. The van der Waals surface area contributed by atoms with Crippen molar-refractivity contribution in [2.75, 3.05) is 12.8 Å². The smallest absolute Gasteiger partial charge is 0.141 e. The van der Waals surface area contributed by atoms with Gasteiger partial charge in [0.2, 0.25) is 0 Å². The van der Waals surface area contributed by atoms with E-state index in [2.05, 4.69) is 42.9 Å². The summed E-state index contributed by atoms with van der Waals surface area (Å²) in [4.78, 5) is 10.4. The van der Waals surface area contributed by atoms with Gasteiger partial charge in [0.05, 0.1) is 12.0 Å². The topological polar surface area (TPSA) is 61.0 Å². The molecule has 0 radical (unpaired) electrons. The molecule has 0 aliphatic carbocycles. The van der Waals surface area contributed by atoms with Crippen molar-refractivity contribution < 1.29 is 4.74 Å². The molecule has 0 amide bonds. The molecule has 0 saturated heterocycles. The molecule has 0 bridgehead atoms. The van der Waals surface area contributed by atoms with Crippen LogP contribution in [0.2, 0.25) is 0 Å². The standard InChI is InChI=1S/C16H21N3OS/c1-9(2)12-6-10(3)13(20-5)7-14(12)21-15-8-18-11(4)19-16(15)17/h6-9H,1-5H3,(H2,17,18,19). The first-order valence-electron chi connectivity index (χ1n) is 6.88. The fraction of sp³-hybridized carbons (Fsp3) is 0.375. The molecule has 0 unspecified atom stereocenters. The zero-order valence-corrected chi connectivity index (χ0v) is 13.9. The molecule has 21 heavy (non-hydrogen) atoms. The molecular formula is C16H21N3OS. The molecule has 4 nitrogen and oxygen atoms in total. The largest absolute Gasteiger partial charge is 0.496 e. The van der Waals surface area contributed by atoms with Crippen molar-refractivity contribution in [1.29, 1.82) is 0 Å². The Bertz CT molecular complexity index is 656. The summed E-state index contributed by atoms with van der Waals surface area (Å²) >= 11 is 1.59. The van der Waals surface area contributed by atoms with E-state index in [1.165, 1.54) is 5.56 Å². The van der Waals surface area contributed by atoms with Crippen LogP contribution < -0.4 is 10.5 Å². The molecule has 1 aromatic carbocycles. The second-order valence-corrected chi connectivity index (χ2v) is 6.37. The summed E-state index contributed by atoms with van der Waals surface area (Å²) in [5.41, 5.74) is 8.41. The number of nitrogens with zero attached hydrogens (tertiary/aromatic N) is 2. The molecule has 2 rings (SSSR count). The molecular weight excluding hydrogens is 282 g/mol. The Balaban J connectivity index is 2.46. The number of hydrogen-bond donors (Lipinski definition) is 1. The van der Waals surface area contributed by atoms with Gasteiger partial charge in [-0.15, -0.1) is 0 Å². The fourth-order valence-corrected chi connectivity index (χ4v) is 3.20. The summed E-state index contributed by atoms with van der Waals surface area (Å²) < 4.78 is 5.43. The van der Waals surface area contributed by atoms with Crippen molar-refractivity contribution in [2.24, 2.45) is 0 Å². The van der Waals surface area contributed by atoms with Gasteiger partial charge in [0.25, 0.3) is 0 Å². The summed E-state index contributed by atoms with van der Waals surface area (Å²) in [6.45, 7) is 8.25. The summed E-state index contributed by atoms with van der Waals surface area (Å²) in [5.74, 6) is 2.50. The molecule has 112 valence electrons. The zero-order valence-electron chi connectivity index (χ0n) is 13.1. The van der Waals surface area contributed by atoms with Gasteiger partial charge in [0, 0.05) is 11.1 Å². The molecule has 5 heteroatoms. The van der Waals surface area contributed by atoms with Crippen LogP contribution in [0.25, 0.3) is 0 Å². The molecule has 0 fully saturated rings. The van der Waals surface area contributed by atoms with Crippen LogP contribution >= 0.6 is 11.8 Å². The Morgan fingerprint density at radius 3 is 2.48 bits per heavy atom. The van der Waals surface area contributed by atoms with Crippen molar-refractivity contribution >= 4 is 17.6 Å². The Kier molecular flexibility index (Phi) is 4.73. The van der Waals surface area contributed by atoms with E-state index in [9.17, 15) is 0 Å². The average molecular weight is 303 g/mol. The second-order valence-electron chi connectivity index (χ2n) is 5.28. The third kappa shape index (κ3) is 3.47. The van der Waals surface area contributed by atoms with Gasteiger partial charge in [-0.2, -0.15) is 0 Å². The maximum absolute atomic E-state index is 5.99. The number of anilines is 1. The van der Waals surface area contributed by atoms with E-state index in [0.29, 0.717) is 17.6 Å². The van der Waals surface area contributed by atoms with E-state index in [-0.39, 0.29) is 0 Å². The molecule has 1 aromatic heterocycles. The van der Waals surface area contributed by atoms with Gasteiger partial charge in [-0.1, -0.05) is 31.7 Å². The minimum atomic E-state index is 0.421. The van der Waals surface area contributed by atoms with Gasteiger partial charge in [-0.05, 0) is 37.0 Å². The number of benzene rings is 1. The Hall–Kier alpha value is -1.75. The predicted octanol–water partition coefficient (Wildman–Crippen LogP) is 3.96. The zero-order chi connectivity index (χ0) is 15.6. The van der Waals surface area contributed by atoms with Crippen molar-refractivity contribution in [1.82, 2.24) is 9.97 Å². The number of ether oxygens (including phenoxy) is 1. The minimum Gasteiger partial charge on any atom is -0.496 e. The van der Waals surface area contributed by atoms with Crippen LogP contribution in [0.15, 0.2) is 28.1 Å². The molecule has 2 N–H and O–H groups in total. The lowest BCUT2D eigenvalue weighted by molar-refractivity contribution is 0.410. The minimum absolute atomic E-state index is 0.421. The average Bonchev–Trinajstić information content (AvgIpc) is 2.42. The fourth-order valence-electron chi connectivity index (χ4n) is 2.12. The predicted molar refractivity (Wildman–Crippen MR) is 87.1 cm³/mol. The van der Waals surface area contributed by atoms with Crippen molar-refractivity contribution in [3.05, 3.63) is 35.3 Å². The van der Waals surface area contributed by atoms with E-state index >= 15 is 0 Å². The first kappa shape index (κ1) is 15.6. The van der Waals surface area contributed by atoms with E-state index in [0.717, 1.165) is 21.1 Å². The highest BCUT2D eigenvalue weighted by Gasteiger charge is 2.14. The quantitative estimate of drug-likeness (QED) is 0.926. The summed E-state index contributed by atoms with van der Waals surface area (Å²) in [7, 11) is 1.69. The monoisotopic (exact) mass is 303 g/mol. The van der Waals surface area contributed by atoms with E-state index in [4.69, 9.17) is 10.5 Å². The highest BCUT2D eigenvalue weighted by atomic mass is 32.2. The number of hydrogen-bond acceptors (Lipinski definition) is 5. The first-order valence-corrected chi connectivity index (χ1v) is 7.69. The van der Waals surface area contributed by atoms with Gasteiger partial charge >= 0.3 is 0 Å². The summed E-state index contributed by atoms with van der Waals surface area (Å²) in [6, 6.07) is 4.24. The maximum atomic E-state index is 5.99. The molecule has 0 atom stereocenters. The highest BCUT2D eigenvalue weighted by Crippen LogP contribution is 2.39. The summed E-state index contributed by atoms with van der Waals surface area (Å²) in [6.07, 6.45) is 1.78. The van der Waals surface area contributed by atoms with Gasteiger partial charge in [0.1, 0.15) is 17.4 Å². The van der Waals surface area contributed by atoms with Crippen molar-refractivity contribution in [2.45, 2.75) is 43.4 Å². The Morgan fingerprint density at radius 1 is 1.19 bits per heavy atom. The SMILES string of the molecule is COc1cc(Sc2cnc(C)nc2N)c(C(C)C)cc1C. The molecule has 1 heterocycles. The van der Waals surface area contributed by atoms with Gasteiger partial charge in [-0.3, -0.25) is 0 Å². The number of aryl methyl sites for hydroxylation is 2. The van der Waals surface area contributed by atoms with E-state index in [1.54, 1.807) is 25.1 Å². The van der Waals surface area contributed by atoms with Crippen LogP contribution in [0.4, 0.5) is 5.82 Å². The number of nitrogen functional groups attached to an aromatic ring is 1. The van der Waals surface area contributed by atoms with Crippen LogP contribution in [-0.4, -0.2) is 17.1 Å². The third-order valence-corrected chi connectivity index (χ3v) is 4.38. The van der Waals surface area contributed by atoms with Crippen LogP contribution in [0.1, 0.15) is 36.7 Å². The van der Waals surface area contributed by atoms with Gasteiger partial charge < -0.3 is 10.5 Å². The van der Waals surface area contributed by atoms with Gasteiger partial charge in [-0.25, -0.2) is 9.97 Å². The summed E-state index contributed by atoms with van der Waals surface area (Å²) in [5, 5.41) is 0. The lowest BCUT2D eigenvalue weighted by Crippen LogP contribution is -1.99. The highest BCUT2D eigenvalue weighted by molar-refractivity contribution is 7.99. The van der Waals surface area contributed by atoms with E-state index in [1.807, 2.05) is 6.92 Å². The molecule has 2 aromatic rings. The van der Waals surface area contributed by atoms with Crippen LogP contribution in [0.3, 0.4) is 0 Å². The Labute approximate surface area is 130 Å². The lowest BCUT2D eigenvalue weighted by atomic mass is 10.0. The van der Waals surface area contributed by atoms with Crippen molar-refractivity contribution in [3.8, 4) is 5.75 Å². The normalized spacial score (nSPS) is 11.0. The number of methoxy groups -OCH3 is 1.